The summed E-state index contributed by atoms with van der Waals surface area (Å²) < 4.78 is 25.7. The van der Waals surface area contributed by atoms with Crippen LogP contribution in [0.4, 0.5) is 0 Å². The first-order valence-electron chi connectivity index (χ1n) is 6.54. The van der Waals surface area contributed by atoms with Crippen molar-refractivity contribution in [2.75, 3.05) is 12.3 Å². The molecule has 1 aliphatic carbocycles. The van der Waals surface area contributed by atoms with E-state index in [0.717, 1.165) is 5.92 Å². The van der Waals surface area contributed by atoms with Gasteiger partial charge < -0.3 is 0 Å². The van der Waals surface area contributed by atoms with Gasteiger partial charge in [-0.05, 0) is 31.1 Å². The molecular weight excluding hydrogens is 222 g/mol. The summed E-state index contributed by atoms with van der Waals surface area (Å²) in [5, 5.41) is 0. The second-order valence-electron chi connectivity index (χ2n) is 4.96. The molecule has 0 unspecified atom stereocenters. The molecule has 0 amide bonds. The predicted molar refractivity (Wildman–Crippen MR) is 67.8 cm³/mol. The Labute approximate surface area is 100 Å². The highest BCUT2D eigenvalue weighted by atomic mass is 32.2. The van der Waals surface area contributed by atoms with Crippen molar-refractivity contribution < 1.29 is 8.42 Å². The first kappa shape index (κ1) is 14.0. The summed E-state index contributed by atoms with van der Waals surface area (Å²) in [5.41, 5.74) is 0. The highest BCUT2D eigenvalue weighted by molar-refractivity contribution is 7.89. The summed E-state index contributed by atoms with van der Waals surface area (Å²) in [5.74, 6) is 1.70. The van der Waals surface area contributed by atoms with Gasteiger partial charge in [-0.3, -0.25) is 0 Å². The van der Waals surface area contributed by atoms with E-state index in [0.29, 0.717) is 18.9 Å². The molecule has 4 heteroatoms. The number of rotatable bonds is 6. The van der Waals surface area contributed by atoms with Gasteiger partial charge in [0.25, 0.3) is 0 Å². The summed E-state index contributed by atoms with van der Waals surface area (Å²) in [6, 6.07) is 0. The molecule has 1 rings (SSSR count). The Balaban J connectivity index is 2.24. The lowest BCUT2D eigenvalue weighted by Crippen LogP contribution is -2.32. The van der Waals surface area contributed by atoms with Crippen LogP contribution in [0.2, 0.25) is 0 Å². The normalized spacial score (nSPS) is 26.9. The zero-order valence-corrected chi connectivity index (χ0v) is 11.4. The lowest BCUT2D eigenvalue weighted by molar-refractivity contribution is 0.270. The van der Waals surface area contributed by atoms with Crippen LogP contribution < -0.4 is 4.72 Å². The Bertz CT molecular complexity index is 279. The zero-order chi connectivity index (χ0) is 12.0. The molecule has 1 N–H and O–H groups in total. The van der Waals surface area contributed by atoms with Crippen molar-refractivity contribution in [3.05, 3.63) is 0 Å². The standard InChI is InChI=1S/C12H25NO2S/c1-3-9-16(14,15)13-10-12-7-5-11(4-2)6-8-12/h11-13H,3-10H2,1-2H3. The van der Waals surface area contributed by atoms with Gasteiger partial charge in [-0.25, -0.2) is 13.1 Å². The molecule has 3 nitrogen and oxygen atoms in total. The van der Waals surface area contributed by atoms with Crippen LogP contribution in [-0.4, -0.2) is 20.7 Å². The maximum absolute atomic E-state index is 11.5. The van der Waals surface area contributed by atoms with Crippen LogP contribution in [-0.2, 0) is 10.0 Å². The number of hydrogen-bond donors (Lipinski definition) is 1. The average molecular weight is 247 g/mol. The van der Waals surface area contributed by atoms with Crippen LogP contribution in [0.3, 0.4) is 0 Å². The van der Waals surface area contributed by atoms with E-state index in [1.54, 1.807) is 0 Å². The summed E-state index contributed by atoms with van der Waals surface area (Å²) in [7, 11) is -3.00. The van der Waals surface area contributed by atoms with Gasteiger partial charge in [0.1, 0.15) is 0 Å². The van der Waals surface area contributed by atoms with E-state index in [9.17, 15) is 8.42 Å². The van der Waals surface area contributed by atoms with E-state index >= 15 is 0 Å². The Morgan fingerprint density at radius 2 is 1.62 bits per heavy atom. The molecular formula is C12H25NO2S. The van der Waals surface area contributed by atoms with Crippen LogP contribution in [0.1, 0.15) is 52.4 Å². The minimum Gasteiger partial charge on any atom is -0.215 e. The minimum atomic E-state index is -3.00. The van der Waals surface area contributed by atoms with Crippen LogP contribution in [0.15, 0.2) is 0 Å². The summed E-state index contributed by atoms with van der Waals surface area (Å²) in [6.07, 6.45) is 6.89. The molecule has 0 bridgehead atoms. The fourth-order valence-corrected chi connectivity index (χ4v) is 3.60. The molecule has 0 aromatic rings. The van der Waals surface area contributed by atoms with Gasteiger partial charge in [0, 0.05) is 6.54 Å². The molecule has 1 saturated carbocycles. The molecule has 0 aromatic carbocycles. The maximum Gasteiger partial charge on any atom is 0.211 e. The highest BCUT2D eigenvalue weighted by Crippen LogP contribution is 2.30. The van der Waals surface area contributed by atoms with E-state index in [2.05, 4.69) is 11.6 Å². The largest absolute Gasteiger partial charge is 0.215 e. The van der Waals surface area contributed by atoms with Gasteiger partial charge in [-0.2, -0.15) is 0 Å². The lowest BCUT2D eigenvalue weighted by atomic mass is 9.81. The third kappa shape index (κ3) is 4.83. The molecule has 0 atom stereocenters. The Morgan fingerprint density at radius 1 is 1.06 bits per heavy atom. The number of nitrogens with one attached hydrogen (secondary N) is 1. The van der Waals surface area contributed by atoms with Gasteiger partial charge in [0.2, 0.25) is 10.0 Å². The van der Waals surface area contributed by atoms with Crippen LogP contribution in [0, 0.1) is 11.8 Å². The zero-order valence-electron chi connectivity index (χ0n) is 10.5. The monoisotopic (exact) mass is 247 g/mol. The predicted octanol–water partition coefficient (Wildman–Crippen LogP) is 2.53. The average Bonchev–Trinajstić information content (AvgIpc) is 2.27. The van der Waals surface area contributed by atoms with Gasteiger partial charge in [0.15, 0.2) is 0 Å². The van der Waals surface area contributed by atoms with Crippen LogP contribution in [0.5, 0.6) is 0 Å². The van der Waals surface area contributed by atoms with Gasteiger partial charge in [-0.1, -0.05) is 33.1 Å². The Morgan fingerprint density at radius 3 is 2.12 bits per heavy atom. The fourth-order valence-electron chi connectivity index (χ4n) is 2.43. The summed E-state index contributed by atoms with van der Waals surface area (Å²) in [6.45, 7) is 4.79. The van der Waals surface area contributed by atoms with Crippen molar-refractivity contribution >= 4 is 10.0 Å². The van der Waals surface area contributed by atoms with E-state index in [-0.39, 0.29) is 5.75 Å². The number of sulfonamides is 1. The highest BCUT2D eigenvalue weighted by Gasteiger charge is 2.21. The second kappa shape index (κ2) is 6.60. The summed E-state index contributed by atoms with van der Waals surface area (Å²) in [4.78, 5) is 0. The Hall–Kier alpha value is -0.0900. The van der Waals surface area contributed by atoms with Gasteiger partial charge in [-0.15, -0.1) is 0 Å². The van der Waals surface area contributed by atoms with Gasteiger partial charge >= 0.3 is 0 Å². The van der Waals surface area contributed by atoms with E-state index in [1.807, 2.05) is 6.92 Å². The number of hydrogen-bond acceptors (Lipinski definition) is 2. The summed E-state index contributed by atoms with van der Waals surface area (Å²) >= 11 is 0. The van der Waals surface area contributed by atoms with Crippen molar-refractivity contribution in [1.29, 1.82) is 0 Å². The topological polar surface area (TPSA) is 46.2 Å². The third-order valence-electron chi connectivity index (χ3n) is 3.61. The van der Waals surface area contributed by atoms with Crippen molar-refractivity contribution in [2.45, 2.75) is 52.4 Å². The quantitative estimate of drug-likeness (QED) is 0.784. The molecule has 0 saturated heterocycles. The van der Waals surface area contributed by atoms with Crippen LogP contribution >= 0.6 is 0 Å². The molecule has 16 heavy (non-hydrogen) atoms. The fraction of sp³-hybridized carbons (Fsp3) is 1.00. The maximum atomic E-state index is 11.5. The van der Waals surface area contributed by atoms with Crippen molar-refractivity contribution in [3.8, 4) is 0 Å². The van der Waals surface area contributed by atoms with Gasteiger partial charge in [0.05, 0.1) is 5.75 Å². The molecule has 0 spiro atoms. The lowest BCUT2D eigenvalue weighted by Gasteiger charge is -2.27. The smallest absolute Gasteiger partial charge is 0.211 e. The van der Waals surface area contributed by atoms with Crippen molar-refractivity contribution in [2.24, 2.45) is 11.8 Å². The molecule has 0 aromatic heterocycles. The SMILES string of the molecule is CCCS(=O)(=O)NCC1CCC(CC)CC1. The minimum absolute atomic E-state index is 0.261. The van der Waals surface area contributed by atoms with E-state index in [4.69, 9.17) is 0 Å². The molecule has 1 fully saturated rings. The second-order valence-corrected chi connectivity index (χ2v) is 6.89. The molecule has 1 aliphatic rings. The molecule has 96 valence electrons. The van der Waals surface area contributed by atoms with E-state index in [1.165, 1.54) is 32.1 Å². The van der Waals surface area contributed by atoms with Crippen molar-refractivity contribution in [3.63, 3.8) is 0 Å². The van der Waals surface area contributed by atoms with Crippen LogP contribution in [0.25, 0.3) is 0 Å². The first-order valence-corrected chi connectivity index (χ1v) is 8.20. The molecule has 0 heterocycles. The van der Waals surface area contributed by atoms with E-state index < -0.39 is 10.0 Å². The first-order chi connectivity index (χ1) is 7.57. The van der Waals surface area contributed by atoms with Crippen molar-refractivity contribution in [1.82, 2.24) is 4.72 Å². The molecule has 0 aliphatic heterocycles. The Kier molecular flexibility index (Phi) is 5.76. The molecule has 0 radical (unpaired) electrons. The third-order valence-corrected chi connectivity index (χ3v) is 5.16.